The number of nitrogens with zero attached hydrogens (tertiary/aromatic N) is 1. The summed E-state index contributed by atoms with van der Waals surface area (Å²) in [5.74, 6) is 0. The molecule has 0 aromatic heterocycles. The Morgan fingerprint density at radius 3 is 1.80 bits per heavy atom. The third kappa shape index (κ3) is 17.5. The van der Waals surface area contributed by atoms with Gasteiger partial charge in [0.25, 0.3) is 0 Å². The summed E-state index contributed by atoms with van der Waals surface area (Å²) in [7, 11) is -3.10. The van der Waals surface area contributed by atoms with E-state index in [1.54, 1.807) is 0 Å². The van der Waals surface area contributed by atoms with Crippen molar-refractivity contribution in [2.75, 3.05) is 13.1 Å². The van der Waals surface area contributed by atoms with Gasteiger partial charge in [0.15, 0.2) is 0 Å². The largest absolute Gasteiger partial charge is 6.00 e. The molecule has 1 aliphatic heterocycles. The van der Waals surface area contributed by atoms with Gasteiger partial charge in [0, 0.05) is 13.1 Å². The fraction of sp³-hybridized carbons (Fsp3) is 0.462. The number of hydrogen-bond donors (Lipinski definition) is 0. The molecule has 0 aliphatic carbocycles. The molecule has 1 saturated heterocycles. The molecule has 0 amide bonds. The van der Waals surface area contributed by atoms with Crippen LogP contribution in [0, 0.1) is 6.65 Å². The number of hydrogen-bond acceptors (Lipinski definition) is 2. The first-order valence-corrected chi connectivity index (χ1v) is 7.01. The van der Waals surface area contributed by atoms with E-state index in [1.807, 2.05) is 30.3 Å². The second-order valence-corrected chi connectivity index (χ2v) is 4.57. The van der Waals surface area contributed by atoms with Crippen LogP contribution < -0.4 is 0 Å². The standard InChI is InChI=1S/C5H10F2NP.C5H5.C2H3O.CO.Fe/c6-9(7)8-4-2-1-3-5-8;1-2-4-5-3-1;1-2-3;1-2;/h1-5H2;1-5H;1H3;;/q;2*-1;;+6/p+1. The van der Waals surface area contributed by atoms with Crippen LogP contribution in [0.5, 0.6) is 0 Å². The third-order valence-electron chi connectivity index (χ3n) is 2.15. The molecule has 1 aliphatic rings. The number of halogens is 2. The molecule has 0 atom stereocenters. The van der Waals surface area contributed by atoms with Crippen molar-refractivity contribution in [1.82, 2.24) is 4.67 Å². The summed E-state index contributed by atoms with van der Waals surface area (Å²) in [6, 6.07) is 10.0. The van der Waals surface area contributed by atoms with Crippen LogP contribution >= 0.6 is 8.69 Å². The molecule has 20 heavy (non-hydrogen) atoms. The van der Waals surface area contributed by atoms with E-state index in [-0.39, 0.29) is 17.1 Å². The summed E-state index contributed by atoms with van der Waals surface area (Å²) in [6.07, 6.45) is 4.55. The van der Waals surface area contributed by atoms with Crippen LogP contribution in [-0.2, 0) is 26.5 Å². The molecule has 0 radical (unpaired) electrons. The van der Waals surface area contributed by atoms with Crippen LogP contribution in [0.1, 0.15) is 26.2 Å². The molecule has 0 saturated carbocycles. The molecule has 0 bridgehead atoms. The molecule has 110 valence electrons. The van der Waals surface area contributed by atoms with Crippen LogP contribution in [0.3, 0.4) is 0 Å². The summed E-state index contributed by atoms with van der Waals surface area (Å²) in [4.78, 5) is 8.68. The Kier molecular flexibility index (Phi) is 25.6. The molecule has 0 unspecified atom stereocenters. The first kappa shape index (κ1) is 24.5. The zero-order chi connectivity index (χ0) is 14.9. The number of piperidine rings is 1. The van der Waals surface area contributed by atoms with Crippen LogP contribution in [-0.4, -0.2) is 24.0 Å². The first-order valence-electron chi connectivity index (χ1n) is 5.81. The van der Waals surface area contributed by atoms with Crippen molar-refractivity contribution in [2.24, 2.45) is 0 Å². The molecule has 1 aromatic carbocycles. The fourth-order valence-electron chi connectivity index (χ4n) is 1.38. The third-order valence-corrected chi connectivity index (χ3v) is 3.08. The minimum absolute atomic E-state index is 0. The van der Waals surface area contributed by atoms with Gasteiger partial charge in [-0.25, -0.2) is 12.1 Å². The van der Waals surface area contributed by atoms with E-state index in [9.17, 15) is 8.39 Å². The molecule has 1 aromatic rings. The molecule has 1 fully saturated rings. The van der Waals surface area contributed by atoms with Crippen molar-refractivity contribution >= 4 is 15.0 Å². The average molecular weight is 346 g/mol. The van der Waals surface area contributed by atoms with E-state index in [1.165, 1.54) is 17.9 Å². The average Bonchev–Trinajstić information content (AvgIpc) is 3.02. The van der Waals surface area contributed by atoms with Gasteiger partial charge in [-0.05, 0) is 21.2 Å². The summed E-state index contributed by atoms with van der Waals surface area (Å²) < 4.78 is 32.7. The quantitative estimate of drug-likeness (QED) is 0.335. The topological polar surface area (TPSA) is 40.2 Å². The second kappa shape index (κ2) is 20.8. The molecule has 0 spiro atoms. The summed E-state index contributed by atoms with van der Waals surface area (Å²) in [6.45, 7) is 7.07. The van der Waals surface area contributed by atoms with E-state index >= 15 is 0 Å². The van der Waals surface area contributed by atoms with Crippen molar-refractivity contribution in [3.8, 4) is 0 Å². The van der Waals surface area contributed by atoms with E-state index < -0.39 is 8.69 Å². The normalized spacial score (nSPS) is 13.1. The SMILES string of the molecule is C[C-]=O.F[PH+](F)N1CCCCC1.[C-]#[O+].[Fe+6].c1cc[cH-]c1. The Morgan fingerprint density at radius 1 is 1.20 bits per heavy atom. The van der Waals surface area contributed by atoms with Crippen molar-refractivity contribution < 1.29 is 34.9 Å². The Labute approximate surface area is 131 Å². The van der Waals surface area contributed by atoms with Gasteiger partial charge in [-0.15, -0.1) is 4.67 Å². The van der Waals surface area contributed by atoms with Crippen molar-refractivity contribution in [2.45, 2.75) is 26.2 Å². The number of carbonyl (C=O) groups excluding carboxylic acids is 1. The van der Waals surface area contributed by atoms with E-state index in [0.717, 1.165) is 19.3 Å². The van der Waals surface area contributed by atoms with Gasteiger partial charge in [-0.2, -0.15) is 25.1 Å². The van der Waals surface area contributed by atoms with Crippen LogP contribution in [0.25, 0.3) is 0 Å². The number of rotatable bonds is 1. The van der Waals surface area contributed by atoms with Gasteiger partial charge in [0.2, 0.25) is 0 Å². The monoisotopic (exact) mass is 346 g/mol. The smallest absolute Gasteiger partial charge is 0.214 e. The summed E-state index contributed by atoms with van der Waals surface area (Å²) >= 11 is 0. The molecule has 3 nitrogen and oxygen atoms in total. The van der Waals surface area contributed by atoms with Gasteiger partial charge in [-0.3, -0.25) is 6.29 Å². The fourth-order valence-corrected chi connectivity index (χ4v) is 2.04. The van der Waals surface area contributed by atoms with Gasteiger partial charge in [0.05, 0.1) is 0 Å². The van der Waals surface area contributed by atoms with Crippen molar-refractivity contribution in [1.29, 1.82) is 0 Å². The molecular formula is C13H19F2FeNO2P+5. The van der Waals surface area contributed by atoms with Crippen LogP contribution in [0.2, 0.25) is 0 Å². The molecule has 1 heterocycles. The van der Waals surface area contributed by atoms with Crippen LogP contribution in [0.4, 0.5) is 8.39 Å². The maximum atomic E-state index is 11.9. The van der Waals surface area contributed by atoms with Crippen molar-refractivity contribution in [3.63, 3.8) is 0 Å². The summed E-state index contributed by atoms with van der Waals surface area (Å²) in [5.41, 5.74) is 0. The van der Waals surface area contributed by atoms with E-state index in [0.29, 0.717) is 13.1 Å². The first-order chi connectivity index (χ1) is 9.22. The predicted molar refractivity (Wildman–Crippen MR) is 73.3 cm³/mol. The predicted octanol–water partition coefficient (Wildman–Crippen LogP) is 3.85. The zero-order valence-corrected chi connectivity index (χ0v) is 13.4. The summed E-state index contributed by atoms with van der Waals surface area (Å²) in [5, 5.41) is 0. The molecule has 2 rings (SSSR count). The van der Waals surface area contributed by atoms with Gasteiger partial charge in [-0.1, -0.05) is 6.42 Å². The minimum Gasteiger partial charge on any atom is -0.214 e. The van der Waals surface area contributed by atoms with Crippen molar-refractivity contribution in [3.05, 3.63) is 37.0 Å². The molecular weight excluding hydrogens is 327 g/mol. The Morgan fingerprint density at radius 2 is 1.60 bits per heavy atom. The van der Waals surface area contributed by atoms with Gasteiger partial charge in [0.1, 0.15) is 0 Å². The van der Waals surface area contributed by atoms with E-state index in [4.69, 9.17) is 9.45 Å². The Bertz CT molecular complexity index is 275. The Hall–Kier alpha value is -0.471. The maximum Gasteiger partial charge on any atom is 6.00 e. The van der Waals surface area contributed by atoms with Crippen LogP contribution in [0.15, 0.2) is 30.3 Å². The van der Waals surface area contributed by atoms with Gasteiger partial charge < -0.3 is 4.79 Å². The Balaban J connectivity index is -0.000000225. The molecule has 7 heteroatoms. The zero-order valence-electron chi connectivity index (χ0n) is 11.3. The minimum atomic E-state index is -3.10. The van der Waals surface area contributed by atoms with Gasteiger partial charge >= 0.3 is 37.1 Å². The second-order valence-electron chi connectivity index (χ2n) is 3.45. The van der Waals surface area contributed by atoms with E-state index in [2.05, 4.69) is 6.65 Å². The maximum absolute atomic E-state index is 11.9. The molecule has 0 N–H and O–H groups in total.